The molecule has 1 amide bonds. The van der Waals surface area contributed by atoms with Crippen molar-refractivity contribution in [1.82, 2.24) is 4.90 Å². The molecule has 1 aliphatic heterocycles. The molecule has 1 heterocycles. The first kappa shape index (κ1) is 7.10. The van der Waals surface area contributed by atoms with Crippen molar-refractivity contribution in [2.24, 2.45) is 5.73 Å². The van der Waals surface area contributed by atoms with E-state index in [1.807, 2.05) is 4.90 Å². The molecule has 2 aliphatic rings. The summed E-state index contributed by atoms with van der Waals surface area (Å²) >= 11 is 0. The van der Waals surface area contributed by atoms with E-state index in [9.17, 15) is 4.79 Å². The third-order valence-corrected chi connectivity index (χ3v) is 3.13. The molecule has 0 radical (unpaired) electrons. The Hall–Kier alpha value is -0.570. The highest BCUT2D eigenvalue weighted by atomic mass is 16.2. The van der Waals surface area contributed by atoms with Crippen LogP contribution >= 0.6 is 0 Å². The summed E-state index contributed by atoms with van der Waals surface area (Å²) in [7, 11) is 0. The minimum atomic E-state index is 0.135. The van der Waals surface area contributed by atoms with Gasteiger partial charge in [0, 0.05) is 12.1 Å². The summed E-state index contributed by atoms with van der Waals surface area (Å²) in [5.74, 6) is 0.135. The molecule has 1 saturated heterocycles. The lowest BCUT2D eigenvalue weighted by Gasteiger charge is -2.58. The van der Waals surface area contributed by atoms with Crippen LogP contribution in [0, 0.1) is 0 Å². The van der Waals surface area contributed by atoms with Crippen molar-refractivity contribution in [1.29, 1.82) is 0 Å². The van der Waals surface area contributed by atoms with Crippen LogP contribution in [0.2, 0.25) is 0 Å². The molecule has 11 heavy (non-hydrogen) atoms. The second-order valence-corrected chi connectivity index (χ2v) is 3.58. The van der Waals surface area contributed by atoms with Gasteiger partial charge in [-0.1, -0.05) is 0 Å². The third-order valence-electron chi connectivity index (χ3n) is 3.13. The van der Waals surface area contributed by atoms with Gasteiger partial charge >= 0.3 is 0 Å². The van der Waals surface area contributed by atoms with E-state index in [4.69, 9.17) is 5.73 Å². The maximum Gasteiger partial charge on any atom is 0.236 e. The first-order chi connectivity index (χ1) is 5.28. The fourth-order valence-electron chi connectivity index (χ4n) is 2.14. The van der Waals surface area contributed by atoms with Gasteiger partial charge in [0.1, 0.15) is 0 Å². The van der Waals surface area contributed by atoms with Gasteiger partial charge in [-0.2, -0.15) is 0 Å². The van der Waals surface area contributed by atoms with Gasteiger partial charge < -0.3 is 10.6 Å². The number of carbonyl (C=O) groups is 1. The van der Waals surface area contributed by atoms with Crippen LogP contribution in [0.4, 0.5) is 0 Å². The number of rotatable bonds is 1. The summed E-state index contributed by atoms with van der Waals surface area (Å²) in [5.41, 5.74) is 5.58. The van der Waals surface area contributed by atoms with Crippen molar-refractivity contribution in [3.63, 3.8) is 0 Å². The Morgan fingerprint density at radius 2 is 2.18 bits per heavy atom. The summed E-state index contributed by atoms with van der Waals surface area (Å²) in [4.78, 5) is 13.2. The summed E-state index contributed by atoms with van der Waals surface area (Å²) in [6.07, 6.45) is 4.91. The van der Waals surface area contributed by atoms with Gasteiger partial charge in [-0.3, -0.25) is 4.79 Å². The number of amides is 1. The lowest BCUT2D eigenvalue weighted by Crippen LogP contribution is -2.66. The topological polar surface area (TPSA) is 46.3 Å². The highest BCUT2D eigenvalue weighted by Gasteiger charge is 2.50. The Labute approximate surface area is 66.5 Å². The number of likely N-dealkylation sites (tertiary alicyclic amines) is 1. The van der Waals surface area contributed by atoms with Crippen LogP contribution < -0.4 is 5.73 Å². The Morgan fingerprint density at radius 1 is 1.45 bits per heavy atom. The molecule has 2 N–H and O–H groups in total. The molecule has 0 atom stereocenters. The van der Waals surface area contributed by atoms with Crippen LogP contribution in [0.15, 0.2) is 0 Å². The van der Waals surface area contributed by atoms with Gasteiger partial charge in [-0.25, -0.2) is 0 Å². The van der Waals surface area contributed by atoms with Crippen LogP contribution in [0.5, 0.6) is 0 Å². The maximum atomic E-state index is 11.2. The molecule has 0 aromatic heterocycles. The average Bonchev–Trinajstić information content (AvgIpc) is 1.82. The zero-order valence-electron chi connectivity index (χ0n) is 6.68. The Bertz CT molecular complexity index is 181. The van der Waals surface area contributed by atoms with Crippen LogP contribution in [-0.2, 0) is 4.79 Å². The predicted octanol–water partition coefficient (Wildman–Crippen LogP) is 0.100. The maximum absolute atomic E-state index is 11.2. The van der Waals surface area contributed by atoms with E-state index >= 15 is 0 Å². The summed E-state index contributed by atoms with van der Waals surface area (Å²) < 4.78 is 0. The van der Waals surface area contributed by atoms with Crippen LogP contribution in [0.1, 0.15) is 25.7 Å². The third kappa shape index (κ3) is 0.805. The molecule has 0 unspecified atom stereocenters. The van der Waals surface area contributed by atoms with Crippen molar-refractivity contribution in [3.05, 3.63) is 0 Å². The van der Waals surface area contributed by atoms with E-state index < -0.39 is 0 Å². The molecule has 2 rings (SSSR count). The predicted molar refractivity (Wildman–Crippen MR) is 42.0 cm³/mol. The minimum absolute atomic E-state index is 0.135. The van der Waals surface area contributed by atoms with Crippen molar-refractivity contribution in [2.45, 2.75) is 31.2 Å². The van der Waals surface area contributed by atoms with Crippen molar-refractivity contribution >= 4 is 5.91 Å². The largest absolute Gasteiger partial charge is 0.336 e. The van der Waals surface area contributed by atoms with Crippen LogP contribution in [0.25, 0.3) is 0 Å². The second-order valence-electron chi connectivity index (χ2n) is 3.58. The van der Waals surface area contributed by atoms with Gasteiger partial charge in [0.2, 0.25) is 5.91 Å². The number of nitrogens with two attached hydrogens (primary N) is 1. The highest BCUT2D eigenvalue weighted by molar-refractivity contribution is 5.80. The number of carbonyl (C=O) groups excluding carboxylic acids is 1. The zero-order chi connectivity index (χ0) is 7.90. The van der Waals surface area contributed by atoms with Gasteiger partial charge in [-0.15, -0.1) is 0 Å². The zero-order valence-corrected chi connectivity index (χ0v) is 6.68. The number of hydrogen-bond acceptors (Lipinski definition) is 2. The summed E-state index contributed by atoms with van der Waals surface area (Å²) in [5, 5.41) is 0. The van der Waals surface area contributed by atoms with E-state index in [0.29, 0.717) is 0 Å². The summed E-state index contributed by atoms with van der Waals surface area (Å²) in [6.45, 7) is 1.12. The standard InChI is InChI=1S/C8H14N2O/c9-6-7(11)10-5-4-8(10)2-1-3-8/h1-6,9H2. The molecule has 1 spiro atoms. The lowest BCUT2D eigenvalue weighted by atomic mass is 9.68. The molecule has 0 aromatic rings. The van der Waals surface area contributed by atoms with Crippen molar-refractivity contribution in [2.75, 3.05) is 13.1 Å². The number of nitrogens with zero attached hydrogens (tertiary/aromatic N) is 1. The van der Waals surface area contributed by atoms with E-state index in [1.165, 1.54) is 25.7 Å². The van der Waals surface area contributed by atoms with E-state index in [2.05, 4.69) is 0 Å². The molecule has 3 nitrogen and oxygen atoms in total. The van der Waals surface area contributed by atoms with E-state index in [1.54, 1.807) is 0 Å². The molecular formula is C8H14N2O. The normalized spacial score (nSPS) is 26.1. The molecular weight excluding hydrogens is 140 g/mol. The second kappa shape index (κ2) is 2.21. The van der Waals surface area contributed by atoms with Gasteiger partial charge in [0.25, 0.3) is 0 Å². The smallest absolute Gasteiger partial charge is 0.236 e. The molecule has 3 heteroatoms. The van der Waals surface area contributed by atoms with Gasteiger partial charge in [-0.05, 0) is 25.7 Å². The Kier molecular flexibility index (Phi) is 1.42. The summed E-state index contributed by atoms with van der Waals surface area (Å²) in [6, 6.07) is 0. The number of hydrogen-bond donors (Lipinski definition) is 1. The van der Waals surface area contributed by atoms with E-state index in [-0.39, 0.29) is 18.0 Å². The molecule has 0 aromatic carbocycles. The highest BCUT2D eigenvalue weighted by Crippen LogP contribution is 2.46. The molecule has 2 fully saturated rings. The average molecular weight is 154 g/mol. The lowest BCUT2D eigenvalue weighted by molar-refractivity contribution is -0.154. The van der Waals surface area contributed by atoms with E-state index in [0.717, 1.165) is 6.54 Å². The first-order valence-electron chi connectivity index (χ1n) is 4.29. The Balaban J connectivity index is 2.00. The fraction of sp³-hybridized carbons (Fsp3) is 0.875. The van der Waals surface area contributed by atoms with Crippen LogP contribution in [0.3, 0.4) is 0 Å². The fourth-order valence-corrected chi connectivity index (χ4v) is 2.14. The molecule has 0 bridgehead atoms. The molecule has 1 aliphatic carbocycles. The van der Waals surface area contributed by atoms with Crippen LogP contribution in [-0.4, -0.2) is 29.4 Å². The Morgan fingerprint density at radius 3 is 2.45 bits per heavy atom. The quantitative estimate of drug-likeness (QED) is 0.582. The van der Waals surface area contributed by atoms with Crippen molar-refractivity contribution < 1.29 is 4.79 Å². The first-order valence-corrected chi connectivity index (χ1v) is 4.29. The van der Waals surface area contributed by atoms with Crippen molar-refractivity contribution in [3.8, 4) is 0 Å². The van der Waals surface area contributed by atoms with Gasteiger partial charge in [0.05, 0.1) is 6.54 Å². The van der Waals surface area contributed by atoms with Gasteiger partial charge in [0.15, 0.2) is 0 Å². The molecule has 62 valence electrons. The minimum Gasteiger partial charge on any atom is -0.336 e. The monoisotopic (exact) mass is 154 g/mol. The SMILES string of the molecule is NCC(=O)N1CCC12CCC2. The molecule has 1 saturated carbocycles.